The first-order chi connectivity index (χ1) is 3.83. The largest absolute Gasteiger partial charge is 0.391 e. The van der Waals surface area contributed by atoms with Crippen LogP contribution in [0.4, 0.5) is 0 Å². The third-order valence-electron chi connectivity index (χ3n) is 1.21. The Kier molecular flexibility index (Phi) is 1.37. The van der Waals surface area contributed by atoms with Crippen LogP contribution in [0.25, 0.3) is 0 Å². The van der Waals surface area contributed by atoms with Gasteiger partial charge in [0.05, 0.1) is 0 Å². The number of oxime groups is 1. The Morgan fingerprint density at radius 2 is 2.75 bits per heavy atom. The van der Waals surface area contributed by atoms with E-state index in [0.717, 1.165) is 12.8 Å². The number of hydrogen-bond donors (Lipinski definition) is 1. The number of hydrogen-bond acceptors (Lipinski definition) is 3. The molecule has 1 rings (SSSR count). The topological polar surface area (TPSA) is 47.6 Å². The zero-order valence-corrected chi connectivity index (χ0v) is 4.92. The van der Waals surface area contributed by atoms with Crippen molar-refractivity contribution in [2.24, 2.45) is 10.9 Å². The average Bonchev–Trinajstić information content (AvgIpc) is 2.14. The van der Waals surface area contributed by atoms with Crippen molar-refractivity contribution in [1.29, 1.82) is 0 Å². The van der Waals surface area contributed by atoms with Crippen LogP contribution in [-0.4, -0.2) is 11.9 Å². The Labute approximate surface area is 48.5 Å². The number of rotatable bonds is 1. The molecule has 8 heavy (non-hydrogen) atoms. The lowest BCUT2D eigenvalue weighted by molar-refractivity contribution is 0.0829. The van der Waals surface area contributed by atoms with E-state index in [1.165, 1.54) is 0 Å². The molecule has 1 heterocycles. The van der Waals surface area contributed by atoms with Gasteiger partial charge >= 0.3 is 0 Å². The molecule has 0 spiro atoms. The summed E-state index contributed by atoms with van der Waals surface area (Å²) in [5.41, 5.74) is 5.33. The van der Waals surface area contributed by atoms with Gasteiger partial charge in [-0.05, 0) is 6.42 Å². The lowest BCUT2D eigenvalue weighted by Crippen LogP contribution is -2.12. The standard InChI is InChI=1S/C5H10N2O/c1-2-4-3-5(6)7-8-4/h4H,2-3H2,1H3,(H2,6,7). The van der Waals surface area contributed by atoms with E-state index in [2.05, 4.69) is 12.1 Å². The molecule has 0 aliphatic carbocycles. The van der Waals surface area contributed by atoms with Crippen LogP contribution in [0, 0.1) is 0 Å². The fourth-order valence-electron chi connectivity index (χ4n) is 0.669. The molecule has 0 fully saturated rings. The highest BCUT2D eigenvalue weighted by atomic mass is 16.6. The lowest BCUT2D eigenvalue weighted by atomic mass is 10.2. The summed E-state index contributed by atoms with van der Waals surface area (Å²) < 4.78 is 0. The molecule has 2 N–H and O–H groups in total. The average molecular weight is 114 g/mol. The predicted molar refractivity (Wildman–Crippen MR) is 31.4 cm³/mol. The minimum Gasteiger partial charge on any atom is -0.391 e. The van der Waals surface area contributed by atoms with E-state index in [1.54, 1.807) is 0 Å². The summed E-state index contributed by atoms with van der Waals surface area (Å²) >= 11 is 0. The van der Waals surface area contributed by atoms with Crippen LogP contribution in [0.1, 0.15) is 19.8 Å². The van der Waals surface area contributed by atoms with E-state index in [9.17, 15) is 0 Å². The van der Waals surface area contributed by atoms with Crippen LogP contribution >= 0.6 is 0 Å². The summed E-state index contributed by atoms with van der Waals surface area (Å²) in [6.45, 7) is 2.05. The van der Waals surface area contributed by atoms with Gasteiger partial charge in [0.2, 0.25) is 0 Å². The van der Waals surface area contributed by atoms with E-state index in [1.807, 2.05) is 0 Å². The number of nitrogens with zero attached hydrogens (tertiary/aromatic N) is 1. The van der Waals surface area contributed by atoms with Gasteiger partial charge in [0.25, 0.3) is 0 Å². The van der Waals surface area contributed by atoms with Crippen molar-refractivity contribution in [3.63, 3.8) is 0 Å². The Bertz CT molecular complexity index is 111. The van der Waals surface area contributed by atoms with Gasteiger partial charge in [0, 0.05) is 6.42 Å². The molecule has 3 nitrogen and oxygen atoms in total. The Hall–Kier alpha value is -0.730. The third-order valence-corrected chi connectivity index (χ3v) is 1.21. The molecule has 0 amide bonds. The summed E-state index contributed by atoms with van der Waals surface area (Å²) in [5, 5.41) is 3.58. The second-order valence-corrected chi connectivity index (χ2v) is 1.92. The van der Waals surface area contributed by atoms with Crippen molar-refractivity contribution in [3.05, 3.63) is 0 Å². The van der Waals surface area contributed by atoms with Gasteiger partial charge in [0.15, 0.2) is 0 Å². The first kappa shape index (κ1) is 5.41. The molecule has 1 atom stereocenters. The molecule has 46 valence electrons. The van der Waals surface area contributed by atoms with Crippen LogP contribution in [0.2, 0.25) is 0 Å². The van der Waals surface area contributed by atoms with Gasteiger partial charge < -0.3 is 10.6 Å². The first-order valence-electron chi connectivity index (χ1n) is 2.81. The SMILES string of the molecule is CCC1CC(N)=NO1. The van der Waals surface area contributed by atoms with Gasteiger partial charge in [-0.25, -0.2) is 0 Å². The Morgan fingerprint density at radius 3 is 3.00 bits per heavy atom. The highest BCUT2D eigenvalue weighted by Gasteiger charge is 2.15. The number of nitrogens with two attached hydrogens (primary N) is 1. The molecule has 0 aromatic rings. The van der Waals surface area contributed by atoms with Crippen molar-refractivity contribution in [1.82, 2.24) is 0 Å². The molecular formula is C5H10N2O. The summed E-state index contributed by atoms with van der Waals surface area (Å²) in [4.78, 5) is 4.88. The molecule has 1 aliphatic rings. The van der Waals surface area contributed by atoms with Gasteiger partial charge in [-0.3, -0.25) is 0 Å². The molecule has 0 aromatic carbocycles. The molecule has 0 saturated carbocycles. The summed E-state index contributed by atoms with van der Waals surface area (Å²) in [7, 11) is 0. The monoisotopic (exact) mass is 114 g/mol. The normalized spacial score (nSPS) is 27.1. The zero-order chi connectivity index (χ0) is 5.98. The quantitative estimate of drug-likeness (QED) is 0.538. The van der Waals surface area contributed by atoms with Crippen molar-refractivity contribution in [2.45, 2.75) is 25.9 Å². The first-order valence-corrected chi connectivity index (χ1v) is 2.81. The minimum absolute atomic E-state index is 0.245. The van der Waals surface area contributed by atoms with E-state index in [0.29, 0.717) is 5.84 Å². The highest BCUT2D eigenvalue weighted by molar-refractivity contribution is 5.81. The van der Waals surface area contributed by atoms with Crippen LogP contribution in [-0.2, 0) is 4.84 Å². The van der Waals surface area contributed by atoms with Crippen molar-refractivity contribution < 1.29 is 4.84 Å². The summed E-state index contributed by atoms with van der Waals surface area (Å²) in [6, 6.07) is 0. The van der Waals surface area contributed by atoms with Crippen LogP contribution in [0.3, 0.4) is 0 Å². The molecular weight excluding hydrogens is 104 g/mol. The van der Waals surface area contributed by atoms with E-state index >= 15 is 0 Å². The summed E-state index contributed by atoms with van der Waals surface area (Å²) in [5.74, 6) is 0.622. The van der Waals surface area contributed by atoms with Gasteiger partial charge in [-0.1, -0.05) is 12.1 Å². The van der Waals surface area contributed by atoms with Crippen molar-refractivity contribution in [2.75, 3.05) is 0 Å². The Balaban J connectivity index is 2.32. The third kappa shape index (κ3) is 0.911. The lowest BCUT2D eigenvalue weighted by Gasteiger charge is -1.99. The maximum atomic E-state index is 5.33. The van der Waals surface area contributed by atoms with E-state index in [4.69, 9.17) is 10.6 Å². The molecule has 0 radical (unpaired) electrons. The molecule has 1 aliphatic heterocycles. The van der Waals surface area contributed by atoms with Crippen LogP contribution in [0.5, 0.6) is 0 Å². The maximum Gasteiger partial charge on any atom is 0.143 e. The smallest absolute Gasteiger partial charge is 0.143 e. The van der Waals surface area contributed by atoms with Crippen LogP contribution in [0.15, 0.2) is 5.16 Å². The van der Waals surface area contributed by atoms with Crippen LogP contribution < -0.4 is 5.73 Å². The Morgan fingerprint density at radius 1 is 2.00 bits per heavy atom. The molecule has 0 bridgehead atoms. The fraction of sp³-hybridized carbons (Fsp3) is 0.800. The second-order valence-electron chi connectivity index (χ2n) is 1.92. The minimum atomic E-state index is 0.245. The zero-order valence-electron chi connectivity index (χ0n) is 4.92. The van der Waals surface area contributed by atoms with Crippen molar-refractivity contribution in [3.8, 4) is 0 Å². The van der Waals surface area contributed by atoms with E-state index < -0.39 is 0 Å². The van der Waals surface area contributed by atoms with Gasteiger partial charge in [-0.2, -0.15) is 0 Å². The molecule has 1 unspecified atom stereocenters. The number of amidine groups is 1. The molecule has 0 aromatic heterocycles. The van der Waals surface area contributed by atoms with Gasteiger partial charge in [-0.15, -0.1) is 0 Å². The van der Waals surface area contributed by atoms with Crippen molar-refractivity contribution >= 4 is 5.84 Å². The second kappa shape index (κ2) is 2.03. The maximum absolute atomic E-state index is 5.33. The predicted octanol–water partition coefficient (Wildman–Crippen LogP) is 0.458. The van der Waals surface area contributed by atoms with E-state index in [-0.39, 0.29) is 6.10 Å². The molecule has 0 saturated heterocycles. The van der Waals surface area contributed by atoms with Gasteiger partial charge in [0.1, 0.15) is 11.9 Å². The highest BCUT2D eigenvalue weighted by Crippen LogP contribution is 2.09. The fourth-order valence-corrected chi connectivity index (χ4v) is 0.669. The molecule has 3 heteroatoms. The summed E-state index contributed by atoms with van der Waals surface area (Å²) in [6.07, 6.45) is 2.04.